The number of carbonyl (C=O) groups excluding carboxylic acids is 1. The minimum absolute atomic E-state index is 0.0776. The number of amides is 1. The van der Waals surface area contributed by atoms with E-state index in [4.69, 9.17) is 12.2 Å². The zero-order valence-electron chi connectivity index (χ0n) is 15.1. The zero-order valence-corrected chi connectivity index (χ0v) is 15.9. The summed E-state index contributed by atoms with van der Waals surface area (Å²) in [6.07, 6.45) is -4.46. The van der Waals surface area contributed by atoms with E-state index < -0.39 is 17.7 Å². The fourth-order valence-corrected chi connectivity index (χ4v) is 3.12. The Balaban J connectivity index is 1.77. The van der Waals surface area contributed by atoms with E-state index >= 15 is 0 Å². The lowest BCUT2D eigenvalue weighted by atomic mass is 9.90. The standard InChI is InChI=1S/C22H17F3N2OS/c23-22(24,25)17-12-7-13-18(14-17)26-21(29)27-20(28)19(15-8-3-1-4-9-15)16-10-5-2-6-11-16/h1-14,19H,(H2,26,27,28,29). The number of rotatable bonds is 4. The summed E-state index contributed by atoms with van der Waals surface area (Å²) in [6, 6.07) is 23.0. The van der Waals surface area contributed by atoms with Crippen LogP contribution in [0.4, 0.5) is 18.9 Å². The maximum Gasteiger partial charge on any atom is 0.416 e. The fourth-order valence-electron chi connectivity index (χ4n) is 2.91. The molecule has 0 heterocycles. The van der Waals surface area contributed by atoms with Crippen molar-refractivity contribution in [2.75, 3.05) is 5.32 Å². The van der Waals surface area contributed by atoms with Crippen LogP contribution in [0.1, 0.15) is 22.6 Å². The summed E-state index contributed by atoms with van der Waals surface area (Å²) >= 11 is 5.14. The van der Waals surface area contributed by atoms with E-state index in [0.717, 1.165) is 23.3 Å². The number of thiocarbonyl (C=S) groups is 1. The lowest BCUT2D eigenvalue weighted by molar-refractivity contribution is -0.137. The highest BCUT2D eigenvalue weighted by Gasteiger charge is 2.30. The third-order valence-corrected chi connectivity index (χ3v) is 4.42. The van der Waals surface area contributed by atoms with Crippen LogP contribution in [0, 0.1) is 0 Å². The molecule has 0 radical (unpaired) electrons. The lowest BCUT2D eigenvalue weighted by Crippen LogP contribution is -2.37. The molecular formula is C22H17F3N2OS. The van der Waals surface area contributed by atoms with Crippen LogP contribution in [-0.2, 0) is 11.0 Å². The van der Waals surface area contributed by atoms with Gasteiger partial charge in [0.25, 0.3) is 0 Å². The molecule has 29 heavy (non-hydrogen) atoms. The molecule has 0 aliphatic rings. The Morgan fingerprint density at radius 3 is 1.90 bits per heavy atom. The molecular weight excluding hydrogens is 397 g/mol. The molecule has 0 spiro atoms. The van der Waals surface area contributed by atoms with E-state index in [1.165, 1.54) is 12.1 Å². The van der Waals surface area contributed by atoms with Crippen molar-refractivity contribution in [3.05, 3.63) is 102 Å². The van der Waals surface area contributed by atoms with Gasteiger partial charge in [-0.25, -0.2) is 0 Å². The molecule has 0 aliphatic carbocycles. The highest BCUT2D eigenvalue weighted by molar-refractivity contribution is 7.80. The van der Waals surface area contributed by atoms with Gasteiger partial charge in [-0.05, 0) is 41.5 Å². The van der Waals surface area contributed by atoms with Gasteiger partial charge in [-0.3, -0.25) is 4.79 Å². The van der Waals surface area contributed by atoms with E-state index in [1.54, 1.807) is 0 Å². The van der Waals surface area contributed by atoms with Crippen molar-refractivity contribution in [2.45, 2.75) is 12.1 Å². The molecule has 3 nitrogen and oxygen atoms in total. The molecule has 7 heteroatoms. The molecule has 3 rings (SSSR count). The van der Waals surface area contributed by atoms with Crippen LogP contribution in [0.3, 0.4) is 0 Å². The topological polar surface area (TPSA) is 41.1 Å². The number of benzene rings is 3. The van der Waals surface area contributed by atoms with Crippen molar-refractivity contribution < 1.29 is 18.0 Å². The minimum Gasteiger partial charge on any atom is -0.332 e. The number of alkyl halides is 3. The summed E-state index contributed by atoms with van der Waals surface area (Å²) < 4.78 is 38.6. The molecule has 1 amide bonds. The molecule has 0 atom stereocenters. The molecule has 3 aromatic rings. The fraction of sp³-hybridized carbons (Fsp3) is 0.0909. The van der Waals surface area contributed by atoms with Crippen molar-refractivity contribution in [3.8, 4) is 0 Å². The van der Waals surface area contributed by atoms with Crippen LogP contribution in [-0.4, -0.2) is 11.0 Å². The highest BCUT2D eigenvalue weighted by Crippen LogP contribution is 2.30. The van der Waals surface area contributed by atoms with Crippen LogP contribution in [0.15, 0.2) is 84.9 Å². The first kappa shape index (κ1) is 20.5. The number of nitrogens with one attached hydrogen (secondary N) is 2. The van der Waals surface area contributed by atoms with Gasteiger partial charge in [0.1, 0.15) is 0 Å². The van der Waals surface area contributed by atoms with Crippen LogP contribution in [0.5, 0.6) is 0 Å². The number of hydrogen-bond acceptors (Lipinski definition) is 2. The molecule has 0 unspecified atom stereocenters. The predicted molar refractivity (Wildman–Crippen MR) is 111 cm³/mol. The quantitative estimate of drug-likeness (QED) is 0.566. The first-order valence-electron chi connectivity index (χ1n) is 8.73. The van der Waals surface area contributed by atoms with Crippen molar-refractivity contribution in [3.63, 3.8) is 0 Å². The van der Waals surface area contributed by atoms with E-state index in [9.17, 15) is 18.0 Å². The highest BCUT2D eigenvalue weighted by atomic mass is 32.1. The number of halogens is 3. The summed E-state index contributed by atoms with van der Waals surface area (Å²) in [6.45, 7) is 0. The summed E-state index contributed by atoms with van der Waals surface area (Å²) in [4.78, 5) is 13.0. The van der Waals surface area contributed by atoms with Crippen LogP contribution < -0.4 is 10.6 Å². The third-order valence-electron chi connectivity index (χ3n) is 4.21. The molecule has 0 aromatic heterocycles. The molecule has 0 bridgehead atoms. The van der Waals surface area contributed by atoms with Crippen molar-refractivity contribution >= 4 is 28.9 Å². The van der Waals surface area contributed by atoms with E-state index in [1.807, 2.05) is 60.7 Å². The Morgan fingerprint density at radius 1 is 0.828 bits per heavy atom. The lowest BCUT2D eigenvalue weighted by Gasteiger charge is -2.19. The van der Waals surface area contributed by atoms with Gasteiger partial charge in [-0.1, -0.05) is 66.7 Å². The van der Waals surface area contributed by atoms with Crippen molar-refractivity contribution in [1.82, 2.24) is 5.32 Å². The average Bonchev–Trinajstić information content (AvgIpc) is 2.69. The SMILES string of the molecule is O=C(NC(=S)Nc1cccc(C(F)(F)F)c1)C(c1ccccc1)c1ccccc1. The molecule has 0 fully saturated rings. The average molecular weight is 414 g/mol. The molecule has 2 N–H and O–H groups in total. The Bertz CT molecular complexity index is 952. The summed E-state index contributed by atoms with van der Waals surface area (Å²) in [5.74, 6) is -0.995. The molecule has 0 aliphatic heterocycles. The molecule has 0 saturated carbocycles. The van der Waals surface area contributed by atoms with Crippen LogP contribution in [0.2, 0.25) is 0 Å². The minimum atomic E-state index is -4.46. The van der Waals surface area contributed by atoms with E-state index in [0.29, 0.717) is 0 Å². The van der Waals surface area contributed by atoms with Crippen LogP contribution >= 0.6 is 12.2 Å². The maximum absolute atomic E-state index is 13.0. The van der Waals surface area contributed by atoms with Crippen molar-refractivity contribution in [1.29, 1.82) is 0 Å². The maximum atomic E-state index is 13.0. The monoisotopic (exact) mass is 414 g/mol. The van der Waals surface area contributed by atoms with Gasteiger partial charge in [-0.2, -0.15) is 13.2 Å². The molecule has 148 valence electrons. The van der Waals surface area contributed by atoms with Crippen LogP contribution in [0.25, 0.3) is 0 Å². The number of carbonyl (C=O) groups is 1. The summed E-state index contributed by atoms with van der Waals surface area (Å²) in [5.41, 5.74) is 0.889. The second-order valence-corrected chi connectivity index (χ2v) is 6.68. The number of anilines is 1. The zero-order chi connectivity index (χ0) is 20.9. The Morgan fingerprint density at radius 2 is 1.38 bits per heavy atom. The van der Waals surface area contributed by atoms with Crippen molar-refractivity contribution in [2.24, 2.45) is 0 Å². The van der Waals surface area contributed by atoms with Gasteiger partial charge < -0.3 is 10.6 Å². The van der Waals surface area contributed by atoms with Gasteiger partial charge >= 0.3 is 6.18 Å². The number of hydrogen-bond donors (Lipinski definition) is 2. The van der Waals surface area contributed by atoms with E-state index in [-0.39, 0.29) is 16.7 Å². The Kier molecular flexibility index (Phi) is 6.29. The van der Waals surface area contributed by atoms with E-state index in [2.05, 4.69) is 10.6 Å². The van der Waals surface area contributed by atoms with Gasteiger partial charge in [0, 0.05) is 5.69 Å². The van der Waals surface area contributed by atoms with Gasteiger partial charge in [0.05, 0.1) is 11.5 Å². The van der Waals surface area contributed by atoms with Gasteiger partial charge in [-0.15, -0.1) is 0 Å². The summed E-state index contributed by atoms with van der Waals surface area (Å²) in [7, 11) is 0. The Hall–Kier alpha value is -3.19. The van der Waals surface area contributed by atoms with Gasteiger partial charge in [0.15, 0.2) is 5.11 Å². The second kappa shape index (κ2) is 8.87. The first-order chi connectivity index (χ1) is 13.8. The summed E-state index contributed by atoms with van der Waals surface area (Å²) in [5, 5.41) is 5.15. The smallest absolute Gasteiger partial charge is 0.332 e. The largest absolute Gasteiger partial charge is 0.416 e. The first-order valence-corrected chi connectivity index (χ1v) is 9.14. The molecule has 3 aromatic carbocycles. The third kappa shape index (κ3) is 5.42. The normalized spacial score (nSPS) is 11.2. The van der Waals surface area contributed by atoms with Gasteiger partial charge in [0.2, 0.25) is 5.91 Å². The second-order valence-electron chi connectivity index (χ2n) is 6.28. The Labute approximate surface area is 171 Å². The molecule has 0 saturated heterocycles. The predicted octanol–water partition coefficient (Wildman–Crippen LogP) is 5.35.